The summed E-state index contributed by atoms with van der Waals surface area (Å²) in [5.41, 5.74) is 8.45. The standard InChI is InChI=1S/C30H33N5O3/c1-33(2)13-6-5-12-32-30(37)23-18-35-25-15-19-7-3-4-8-20(19)16-26(25)38-29-24(34-14-11-21(31)17-34)10-9-22(27(29)35)28(23)36/h3-4,7-10,15-16,18,21H,5-6,11-14,17,31H2,1-2H3,(H,32,37). The van der Waals surface area contributed by atoms with Gasteiger partial charge < -0.3 is 30.2 Å². The molecular formula is C30H33N5O3. The number of aromatic nitrogens is 1. The Labute approximate surface area is 221 Å². The summed E-state index contributed by atoms with van der Waals surface area (Å²) in [4.78, 5) is 31.2. The Kier molecular flexibility index (Phi) is 6.29. The van der Waals surface area contributed by atoms with Gasteiger partial charge in [0.05, 0.1) is 16.8 Å². The van der Waals surface area contributed by atoms with Gasteiger partial charge in [0, 0.05) is 31.9 Å². The van der Waals surface area contributed by atoms with Gasteiger partial charge in [0.2, 0.25) is 5.43 Å². The van der Waals surface area contributed by atoms with Crippen LogP contribution in [0.15, 0.2) is 59.5 Å². The number of unbranched alkanes of at least 4 members (excludes halogenated alkanes) is 1. The Bertz CT molecular complexity index is 1610. The van der Waals surface area contributed by atoms with Crippen LogP contribution in [0, 0.1) is 0 Å². The van der Waals surface area contributed by atoms with E-state index in [2.05, 4.69) is 27.2 Å². The molecule has 0 radical (unpaired) electrons. The van der Waals surface area contributed by atoms with E-state index in [1.54, 1.807) is 6.20 Å². The summed E-state index contributed by atoms with van der Waals surface area (Å²) in [6.07, 6.45) is 4.40. The van der Waals surface area contributed by atoms with E-state index >= 15 is 0 Å². The summed E-state index contributed by atoms with van der Waals surface area (Å²) < 4.78 is 8.51. The van der Waals surface area contributed by atoms with E-state index in [0.29, 0.717) is 28.9 Å². The molecule has 1 fully saturated rings. The van der Waals surface area contributed by atoms with Crippen molar-refractivity contribution < 1.29 is 9.53 Å². The number of pyridine rings is 1. The van der Waals surface area contributed by atoms with Gasteiger partial charge in [0.25, 0.3) is 5.91 Å². The minimum absolute atomic E-state index is 0.101. The SMILES string of the molecule is CN(C)CCCCNC(=O)c1cn2c3c(c(N4CCC(N)C4)ccc3c1=O)Oc1cc3ccccc3cc1-2. The first-order valence-electron chi connectivity index (χ1n) is 13.3. The van der Waals surface area contributed by atoms with Crippen LogP contribution in [-0.4, -0.2) is 61.7 Å². The molecule has 196 valence electrons. The van der Waals surface area contributed by atoms with E-state index in [4.69, 9.17) is 10.5 Å². The quantitative estimate of drug-likeness (QED) is 0.323. The average Bonchev–Trinajstić information content (AvgIpc) is 3.34. The Hall–Kier alpha value is -3.88. The number of benzene rings is 3. The van der Waals surface area contributed by atoms with Gasteiger partial charge >= 0.3 is 0 Å². The highest BCUT2D eigenvalue weighted by Crippen LogP contribution is 2.46. The number of hydrogen-bond donors (Lipinski definition) is 2. The molecular weight excluding hydrogens is 478 g/mol. The zero-order valence-corrected chi connectivity index (χ0v) is 21.9. The fourth-order valence-electron chi connectivity index (χ4n) is 5.53. The smallest absolute Gasteiger partial charge is 0.256 e. The highest BCUT2D eigenvalue weighted by Gasteiger charge is 2.30. The van der Waals surface area contributed by atoms with Gasteiger partial charge in [-0.05, 0) is 74.9 Å². The molecule has 3 heterocycles. The van der Waals surface area contributed by atoms with Crippen molar-refractivity contribution in [3.63, 3.8) is 0 Å². The van der Waals surface area contributed by atoms with E-state index in [1.807, 2.05) is 55.1 Å². The third-order valence-electron chi connectivity index (χ3n) is 7.53. The van der Waals surface area contributed by atoms with E-state index in [-0.39, 0.29) is 22.9 Å². The van der Waals surface area contributed by atoms with Gasteiger partial charge in [-0.25, -0.2) is 0 Å². The number of nitrogens with two attached hydrogens (primary N) is 1. The number of fused-ring (bicyclic) bond motifs is 3. The van der Waals surface area contributed by atoms with Crippen LogP contribution >= 0.6 is 0 Å². The molecule has 4 aromatic rings. The zero-order valence-electron chi connectivity index (χ0n) is 21.9. The summed E-state index contributed by atoms with van der Waals surface area (Å²) in [6.45, 7) is 3.03. The van der Waals surface area contributed by atoms with Crippen molar-refractivity contribution in [2.45, 2.75) is 25.3 Å². The summed E-state index contributed by atoms with van der Waals surface area (Å²) in [6, 6.07) is 16.0. The lowest BCUT2D eigenvalue weighted by atomic mass is 10.0. The van der Waals surface area contributed by atoms with Crippen molar-refractivity contribution in [1.29, 1.82) is 0 Å². The first kappa shape index (κ1) is 24.5. The maximum Gasteiger partial charge on any atom is 0.256 e. The molecule has 1 atom stereocenters. The van der Waals surface area contributed by atoms with Crippen molar-refractivity contribution in [2.75, 3.05) is 45.2 Å². The molecule has 1 amide bonds. The molecule has 0 aliphatic carbocycles. The third-order valence-corrected chi connectivity index (χ3v) is 7.53. The van der Waals surface area contributed by atoms with Crippen LogP contribution in [0.1, 0.15) is 29.6 Å². The average molecular weight is 512 g/mol. The van der Waals surface area contributed by atoms with Crippen LogP contribution in [0.25, 0.3) is 27.4 Å². The Morgan fingerprint density at radius 3 is 2.63 bits per heavy atom. The second-order valence-electron chi connectivity index (χ2n) is 10.6. The zero-order chi connectivity index (χ0) is 26.4. The number of rotatable bonds is 7. The largest absolute Gasteiger partial charge is 0.451 e. The minimum atomic E-state index is -0.351. The molecule has 0 spiro atoms. The highest BCUT2D eigenvalue weighted by molar-refractivity contribution is 6.02. The van der Waals surface area contributed by atoms with Gasteiger partial charge in [-0.3, -0.25) is 9.59 Å². The van der Waals surface area contributed by atoms with Crippen LogP contribution in [0.2, 0.25) is 0 Å². The summed E-state index contributed by atoms with van der Waals surface area (Å²) in [5, 5.41) is 5.53. The van der Waals surface area contributed by atoms with Crippen LogP contribution in [0.3, 0.4) is 0 Å². The van der Waals surface area contributed by atoms with Gasteiger partial charge in [-0.2, -0.15) is 0 Å². The molecule has 3 aromatic carbocycles. The number of nitrogens with one attached hydrogen (secondary N) is 1. The van der Waals surface area contributed by atoms with Gasteiger partial charge in [0.15, 0.2) is 11.5 Å². The number of nitrogens with zero attached hydrogens (tertiary/aromatic N) is 3. The first-order valence-corrected chi connectivity index (χ1v) is 13.3. The summed E-state index contributed by atoms with van der Waals surface area (Å²) in [7, 11) is 4.06. The highest BCUT2D eigenvalue weighted by atomic mass is 16.5. The lowest BCUT2D eigenvalue weighted by Gasteiger charge is -2.29. The first-order chi connectivity index (χ1) is 18.4. The van der Waals surface area contributed by atoms with Crippen molar-refractivity contribution in [1.82, 2.24) is 14.8 Å². The predicted molar refractivity (Wildman–Crippen MR) is 152 cm³/mol. The van der Waals surface area contributed by atoms with Crippen LogP contribution < -0.4 is 26.1 Å². The minimum Gasteiger partial charge on any atom is -0.451 e. The Morgan fingerprint density at radius 2 is 1.89 bits per heavy atom. The predicted octanol–water partition coefficient (Wildman–Crippen LogP) is 3.86. The van der Waals surface area contributed by atoms with E-state index in [9.17, 15) is 9.59 Å². The molecule has 1 unspecified atom stereocenters. The topological polar surface area (TPSA) is 92.8 Å². The van der Waals surface area contributed by atoms with E-state index < -0.39 is 0 Å². The fraction of sp³-hybridized carbons (Fsp3) is 0.333. The maximum atomic E-state index is 13.6. The third kappa shape index (κ3) is 4.29. The summed E-state index contributed by atoms with van der Waals surface area (Å²) >= 11 is 0. The molecule has 2 aliphatic rings. The molecule has 8 heteroatoms. The Balaban J connectivity index is 1.48. The van der Waals surface area contributed by atoms with E-state index in [0.717, 1.165) is 61.0 Å². The van der Waals surface area contributed by atoms with Gasteiger partial charge in [-0.1, -0.05) is 24.3 Å². The molecule has 0 bridgehead atoms. The van der Waals surface area contributed by atoms with Crippen LogP contribution in [0.4, 0.5) is 5.69 Å². The number of amides is 1. The number of carbonyl (C=O) groups is 1. The van der Waals surface area contributed by atoms with Crippen LogP contribution in [-0.2, 0) is 0 Å². The van der Waals surface area contributed by atoms with E-state index in [1.165, 1.54) is 0 Å². The second-order valence-corrected chi connectivity index (χ2v) is 10.6. The fourth-order valence-corrected chi connectivity index (χ4v) is 5.53. The monoisotopic (exact) mass is 511 g/mol. The lowest BCUT2D eigenvalue weighted by Crippen LogP contribution is -2.31. The normalized spacial score (nSPS) is 16.2. The van der Waals surface area contributed by atoms with Crippen LogP contribution in [0.5, 0.6) is 11.5 Å². The summed E-state index contributed by atoms with van der Waals surface area (Å²) in [5.74, 6) is 0.967. The number of ether oxygens (including phenoxy) is 1. The van der Waals surface area contributed by atoms with Crippen molar-refractivity contribution in [3.05, 3.63) is 70.5 Å². The molecule has 8 nitrogen and oxygen atoms in total. The molecule has 1 saturated heterocycles. The molecule has 3 N–H and O–H groups in total. The van der Waals surface area contributed by atoms with Crippen molar-refractivity contribution in [2.24, 2.45) is 5.73 Å². The Morgan fingerprint density at radius 1 is 1.11 bits per heavy atom. The molecule has 2 aliphatic heterocycles. The molecule has 6 rings (SSSR count). The number of anilines is 1. The number of carbonyl (C=O) groups excluding carboxylic acids is 1. The molecule has 38 heavy (non-hydrogen) atoms. The number of hydrogen-bond acceptors (Lipinski definition) is 6. The van der Waals surface area contributed by atoms with Crippen molar-refractivity contribution in [3.8, 4) is 17.2 Å². The lowest BCUT2D eigenvalue weighted by molar-refractivity contribution is 0.0951. The molecule has 0 saturated carbocycles. The van der Waals surface area contributed by atoms with Gasteiger partial charge in [0.1, 0.15) is 11.1 Å². The van der Waals surface area contributed by atoms with Gasteiger partial charge in [-0.15, -0.1) is 0 Å². The maximum absolute atomic E-state index is 13.6. The molecule has 1 aromatic heterocycles. The second kappa shape index (κ2) is 9.78. The van der Waals surface area contributed by atoms with Crippen molar-refractivity contribution >= 4 is 33.3 Å².